The molecular formula is C19H24ClN5O2. The number of aromatic nitrogens is 2. The van der Waals surface area contributed by atoms with Crippen LogP contribution in [0, 0.1) is 13.8 Å². The van der Waals surface area contributed by atoms with E-state index < -0.39 is 0 Å². The fourth-order valence-corrected chi connectivity index (χ4v) is 3.40. The van der Waals surface area contributed by atoms with Gasteiger partial charge in [-0.1, -0.05) is 11.6 Å². The molecule has 0 saturated carbocycles. The summed E-state index contributed by atoms with van der Waals surface area (Å²) < 4.78 is 5.12. The van der Waals surface area contributed by atoms with Gasteiger partial charge in [-0.3, -0.25) is 9.69 Å². The van der Waals surface area contributed by atoms with Gasteiger partial charge in [0.2, 0.25) is 5.91 Å². The minimum absolute atomic E-state index is 0.0570. The topological polar surface area (TPSA) is 70.6 Å². The molecule has 0 unspecified atom stereocenters. The summed E-state index contributed by atoms with van der Waals surface area (Å²) in [5.74, 6) is 2.27. The maximum absolute atomic E-state index is 12.3. The number of methoxy groups -OCH3 is 1. The van der Waals surface area contributed by atoms with E-state index in [1.165, 1.54) is 0 Å². The van der Waals surface area contributed by atoms with Crippen LogP contribution < -0.4 is 15.0 Å². The van der Waals surface area contributed by atoms with Crippen molar-refractivity contribution in [3.63, 3.8) is 0 Å². The van der Waals surface area contributed by atoms with Gasteiger partial charge in [0, 0.05) is 43.6 Å². The van der Waals surface area contributed by atoms with Crippen molar-refractivity contribution in [3.8, 4) is 5.75 Å². The van der Waals surface area contributed by atoms with Gasteiger partial charge in [0.15, 0.2) is 0 Å². The minimum atomic E-state index is -0.0570. The minimum Gasteiger partial charge on any atom is -0.495 e. The van der Waals surface area contributed by atoms with E-state index in [1.807, 2.05) is 19.9 Å². The molecule has 2 heterocycles. The van der Waals surface area contributed by atoms with Crippen LogP contribution in [0.3, 0.4) is 0 Å². The first-order chi connectivity index (χ1) is 12.9. The molecule has 1 aromatic carbocycles. The lowest BCUT2D eigenvalue weighted by molar-refractivity contribution is -0.117. The molecule has 144 valence electrons. The van der Waals surface area contributed by atoms with E-state index in [9.17, 15) is 4.79 Å². The number of nitrogens with one attached hydrogen (secondary N) is 1. The van der Waals surface area contributed by atoms with E-state index >= 15 is 0 Å². The maximum Gasteiger partial charge on any atom is 0.238 e. The second-order valence-corrected chi connectivity index (χ2v) is 6.98. The number of aryl methyl sites for hydroxylation is 2. The third-order valence-electron chi connectivity index (χ3n) is 4.45. The van der Waals surface area contributed by atoms with Crippen LogP contribution in [0.15, 0.2) is 24.3 Å². The molecule has 1 aliphatic heterocycles. The van der Waals surface area contributed by atoms with Crippen LogP contribution in [0.2, 0.25) is 5.02 Å². The molecular weight excluding hydrogens is 366 g/mol. The molecule has 1 aromatic heterocycles. The molecule has 3 rings (SSSR count). The Kier molecular flexibility index (Phi) is 6.13. The van der Waals surface area contributed by atoms with Crippen molar-refractivity contribution in [1.29, 1.82) is 0 Å². The van der Waals surface area contributed by atoms with Gasteiger partial charge in [0.05, 0.1) is 18.7 Å². The quantitative estimate of drug-likeness (QED) is 0.847. The zero-order chi connectivity index (χ0) is 19.4. The zero-order valence-electron chi connectivity index (χ0n) is 15.8. The Morgan fingerprint density at radius 3 is 2.56 bits per heavy atom. The maximum atomic E-state index is 12.3. The molecule has 1 fully saturated rings. The number of hydrogen-bond donors (Lipinski definition) is 1. The summed E-state index contributed by atoms with van der Waals surface area (Å²) in [5, 5.41) is 3.36. The van der Waals surface area contributed by atoms with Crippen LogP contribution in [0.5, 0.6) is 5.75 Å². The van der Waals surface area contributed by atoms with Gasteiger partial charge in [-0.15, -0.1) is 0 Å². The SMILES string of the molecule is COc1ccc(NC(=O)CN2CCN(c3cc(C)nc(C)n3)CC2)cc1Cl. The number of nitrogens with zero attached hydrogens (tertiary/aromatic N) is 4. The van der Waals surface area contributed by atoms with Crippen LogP contribution in [-0.2, 0) is 4.79 Å². The molecule has 27 heavy (non-hydrogen) atoms. The number of piperazine rings is 1. The molecule has 1 saturated heterocycles. The Labute approximate surface area is 164 Å². The normalized spacial score (nSPS) is 14.9. The fraction of sp³-hybridized carbons (Fsp3) is 0.421. The summed E-state index contributed by atoms with van der Waals surface area (Å²) in [5.41, 5.74) is 1.63. The first-order valence-corrected chi connectivity index (χ1v) is 9.25. The fourth-order valence-electron chi connectivity index (χ4n) is 3.14. The Morgan fingerprint density at radius 1 is 1.19 bits per heavy atom. The second-order valence-electron chi connectivity index (χ2n) is 6.58. The third-order valence-corrected chi connectivity index (χ3v) is 4.75. The van der Waals surface area contributed by atoms with Crippen molar-refractivity contribution in [2.45, 2.75) is 13.8 Å². The molecule has 1 N–H and O–H groups in total. The third kappa shape index (κ3) is 5.08. The van der Waals surface area contributed by atoms with E-state index in [4.69, 9.17) is 16.3 Å². The van der Waals surface area contributed by atoms with Crippen LogP contribution in [0.25, 0.3) is 0 Å². The van der Waals surface area contributed by atoms with Crippen molar-refractivity contribution in [2.24, 2.45) is 0 Å². The molecule has 0 spiro atoms. The zero-order valence-corrected chi connectivity index (χ0v) is 16.6. The number of rotatable bonds is 5. The van der Waals surface area contributed by atoms with Crippen molar-refractivity contribution in [3.05, 3.63) is 40.8 Å². The lowest BCUT2D eigenvalue weighted by Gasteiger charge is -2.35. The van der Waals surface area contributed by atoms with E-state index in [-0.39, 0.29) is 5.91 Å². The smallest absolute Gasteiger partial charge is 0.238 e. The molecule has 0 atom stereocenters. The number of halogens is 1. The molecule has 7 nitrogen and oxygen atoms in total. The molecule has 0 aliphatic carbocycles. The largest absolute Gasteiger partial charge is 0.495 e. The van der Waals surface area contributed by atoms with Crippen molar-refractivity contribution < 1.29 is 9.53 Å². The monoisotopic (exact) mass is 389 g/mol. The number of hydrogen-bond acceptors (Lipinski definition) is 6. The highest BCUT2D eigenvalue weighted by molar-refractivity contribution is 6.32. The van der Waals surface area contributed by atoms with Crippen LogP contribution in [0.1, 0.15) is 11.5 Å². The first kappa shape index (κ1) is 19.4. The second kappa shape index (κ2) is 8.54. The van der Waals surface area contributed by atoms with Crippen LogP contribution in [-0.4, -0.2) is 60.6 Å². The van der Waals surface area contributed by atoms with Gasteiger partial charge in [0.1, 0.15) is 17.4 Å². The van der Waals surface area contributed by atoms with Crippen molar-refractivity contribution >= 4 is 29.0 Å². The van der Waals surface area contributed by atoms with Gasteiger partial charge < -0.3 is 15.0 Å². The number of anilines is 2. The number of ether oxygens (including phenoxy) is 1. The first-order valence-electron chi connectivity index (χ1n) is 8.87. The lowest BCUT2D eigenvalue weighted by Crippen LogP contribution is -2.49. The standard InChI is InChI=1S/C19H24ClN5O2/c1-13-10-18(22-14(2)21-13)25-8-6-24(7-9-25)12-19(26)23-15-4-5-17(27-3)16(20)11-15/h4-5,10-11H,6-9,12H2,1-3H3,(H,23,26). The molecule has 8 heteroatoms. The summed E-state index contributed by atoms with van der Waals surface area (Å²) in [6.45, 7) is 7.50. The lowest BCUT2D eigenvalue weighted by atomic mass is 10.2. The Morgan fingerprint density at radius 2 is 1.93 bits per heavy atom. The molecule has 1 aliphatic rings. The number of amides is 1. The van der Waals surface area contributed by atoms with E-state index in [2.05, 4.69) is 25.1 Å². The summed E-state index contributed by atoms with van der Waals surface area (Å²) in [6, 6.07) is 7.21. The van der Waals surface area contributed by atoms with Crippen molar-refractivity contribution in [2.75, 3.05) is 50.1 Å². The number of benzene rings is 1. The summed E-state index contributed by atoms with van der Waals surface area (Å²) in [4.78, 5) is 25.5. The van der Waals surface area contributed by atoms with Gasteiger partial charge in [-0.2, -0.15) is 0 Å². The predicted octanol–water partition coefficient (Wildman–Crippen LogP) is 2.52. The summed E-state index contributed by atoms with van der Waals surface area (Å²) >= 11 is 6.10. The highest BCUT2D eigenvalue weighted by Crippen LogP contribution is 2.27. The molecule has 0 bridgehead atoms. The molecule has 0 radical (unpaired) electrons. The van der Waals surface area contributed by atoms with E-state index in [1.54, 1.807) is 25.3 Å². The van der Waals surface area contributed by atoms with Gasteiger partial charge in [0.25, 0.3) is 0 Å². The average Bonchev–Trinajstić information content (AvgIpc) is 2.61. The van der Waals surface area contributed by atoms with Crippen LogP contribution >= 0.6 is 11.6 Å². The Balaban J connectivity index is 1.51. The average molecular weight is 390 g/mol. The summed E-state index contributed by atoms with van der Waals surface area (Å²) in [7, 11) is 1.56. The van der Waals surface area contributed by atoms with Gasteiger partial charge in [-0.25, -0.2) is 9.97 Å². The van der Waals surface area contributed by atoms with E-state index in [0.29, 0.717) is 23.0 Å². The van der Waals surface area contributed by atoms with Gasteiger partial charge >= 0.3 is 0 Å². The molecule has 1 amide bonds. The molecule has 2 aromatic rings. The van der Waals surface area contributed by atoms with Crippen molar-refractivity contribution in [1.82, 2.24) is 14.9 Å². The highest BCUT2D eigenvalue weighted by Gasteiger charge is 2.20. The Hall–Kier alpha value is -2.38. The summed E-state index contributed by atoms with van der Waals surface area (Å²) in [6.07, 6.45) is 0. The van der Waals surface area contributed by atoms with Gasteiger partial charge in [-0.05, 0) is 32.0 Å². The number of carbonyl (C=O) groups excluding carboxylic acids is 1. The Bertz CT molecular complexity index is 801. The van der Waals surface area contributed by atoms with Crippen LogP contribution in [0.4, 0.5) is 11.5 Å². The van der Waals surface area contributed by atoms with E-state index in [0.717, 1.165) is 43.5 Å². The number of carbonyl (C=O) groups is 1. The predicted molar refractivity (Wildman–Crippen MR) is 107 cm³/mol. The highest BCUT2D eigenvalue weighted by atomic mass is 35.5.